The summed E-state index contributed by atoms with van der Waals surface area (Å²) in [6, 6.07) is 18.4. The van der Waals surface area contributed by atoms with E-state index in [1.807, 2.05) is 30.3 Å². The van der Waals surface area contributed by atoms with Gasteiger partial charge >= 0.3 is 0 Å². The number of imide groups is 1. The molecule has 1 unspecified atom stereocenters. The van der Waals surface area contributed by atoms with E-state index in [9.17, 15) is 9.59 Å². The molecule has 2 amide bonds. The van der Waals surface area contributed by atoms with Crippen LogP contribution in [0.5, 0.6) is 5.75 Å². The van der Waals surface area contributed by atoms with E-state index in [2.05, 4.69) is 29.6 Å². The summed E-state index contributed by atoms with van der Waals surface area (Å²) in [6.07, 6.45) is 4.83. The molecule has 1 atom stereocenters. The second-order valence-corrected chi connectivity index (χ2v) is 7.58. The number of ether oxygens (including phenoxy) is 1. The number of aryl methyl sites for hydroxylation is 1. The van der Waals surface area contributed by atoms with Crippen LogP contribution < -0.4 is 10.1 Å². The van der Waals surface area contributed by atoms with Crippen LogP contribution in [0.15, 0.2) is 54.6 Å². The van der Waals surface area contributed by atoms with Gasteiger partial charge in [-0.3, -0.25) is 14.9 Å². The Morgan fingerprint density at radius 2 is 1.73 bits per heavy atom. The van der Waals surface area contributed by atoms with Gasteiger partial charge in [0.25, 0.3) is 5.24 Å². The van der Waals surface area contributed by atoms with Gasteiger partial charge in [-0.05, 0) is 42.5 Å². The first-order chi connectivity index (χ1) is 12.7. The molecular weight excluding hydrogens is 346 g/mol. The fourth-order valence-corrected chi connectivity index (χ4v) is 3.82. The van der Waals surface area contributed by atoms with Crippen molar-refractivity contribution in [3.05, 3.63) is 65.7 Å². The number of benzene rings is 2. The highest BCUT2D eigenvalue weighted by molar-refractivity contribution is 8.15. The van der Waals surface area contributed by atoms with Crippen molar-refractivity contribution in [2.45, 2.75) is 44.0 Å². The number of unbranched alkanes of at least 4 members (excludes halogenated alkanes) is 2. The summed E-state index contributed by atoms with van der Waals surface area (Å²) in [5.74, 6) is 0.757. The van der Waals surface area contributed by atoms with E-state index in [0.717, 1.165) is 55.2 Å². The smallest absolute Gasteiger partial charge is 0.286 e. The standard InChI is InChI=1S/C21H23NO3S/c23-20-19(26-21(24)22-20)13-6-2-3-8-16-11-7-12-18(14-16)25-15-17-9-4-1-5-10-17/h1,4-5,7,9-12,14,19H,2-3,6,8,13,15H2,(H,22,23,24). The molecule has 0 bridgehead atoms. The van der Waals surface area contributed by atoms with E-state index in [4.69, 9.17) is 4.74 Å². The van der Waals surface area contributed by atoms with Gasteiger partial charge in [0.1, 0.15) is 12.4 Å². The van der Waals surface area contributed by atoms with Crippen LogP contribution in [0.3, 0.4) is 0 Å². The van der Waals surface area contributed by atoms with E-state index in [0.29, 0.717) is 6.61 Å². The Labute approximate surface area is 158 Å². The molecule has 5 heteroatoms. The van der Waals surface area contributed by atoms with Crippen LogP contribution in [-0.2, 0) is 17.8 Å². The van der Waals surface area contributed by atoms with E-state index in [1.54, 1.807) is 0 Å². The normalized spacial score (nSPS) is 16.5. The number of thioether (sulfide) groups is 1. The number of amides is 2. The summed E-state index contributed by atoms with van der Waals surface area (Å²) in [5, 5.41) is 1.92. The van der Waals surface area contributed by atoms with Crippen molar-refractivity contribution in [1.29, 1.82) is 0 Å². The highest BCUT2D eigenvalue weighted by Crippen LogP contribution is 2.24. The zero-order chi connectivity index (χ0) is 18.2. The fourth-order valence-electron chi connectivity index (χ4n) is 2.95. The molecule has 136 valence electrons. The molecule has 0 saturated carbocycles. The lowest BCUT2D eigenvalue weighted by Crippen LogP contribution is -2.24. The zero-order valence-electron chi connectivity index (χ0n) is 14.6. The van der Waals surface area contributed by atoms with Gasteiger partial charge in [-0.25, -0.2) is 0 Å². The maximum atomic E-state index is 11.5. The predicted octanol–water partition coefficient (Wildman–Crippen LogP) is 4.72. The summed E-state index contributed by atoms with van der Waals surface area (Å²) >= 11 is 1.12. The summed E-state index contributed by atoms with van der Waals surface area (Å²) in [5.41, 5.74) is 2.42. The lowest BCUT2D eigenvalue weighted by molar-refractivity contribution is -0.119. The predicted molar refractivity (Wildman–Crippen MR) is 104 cm³/mol. The quantitative estimate of drug-likeness (QED) is 0.650. The van der Waals surface area contributed by atoms with Crippen molar-refractivity contribution in [1.82, 2.24) is 5.32 Å². The number of carbonyl (C=O) groups excluding carboxylic acids is 2. The second kappa shape index (κ2) is 9.43. The van der Waals surface area contributed by atoms with Crippen molar-refractivity contribution < 1.29 is 14.3 Å². The molecule has 1 aliphatic rings. The van der Waals surface area contributed by atoms with E-state index >= 15 is 0 Å². The van der Waals surface area contributed by atoms with Crippen LogP contribution >= 0.6 is 11.8 Å². The van der Waals surface area contributed by atoms with Crippen molar-refractivity contribution >= 4 is 22.9 Å². The van der Waals surface area contributed by atoms with Crippen LogP contribution in [0, 0.1) is 0 Å². The van der Waals surface area contributed by atoms with Crippen molar-refractivity contribution in [2.75, 3.05) is 0 Å². The van der Waals surface area contributed by atoms with Crippen LogP contribution in [0.4, 0.5) is 4.79 Å². The summed E-state index contributed by atoms with van der Waals surface area (Å²) < 4.78 is 5.87. The Kier molecular flexibility index (Phi) is 6.72. The monoisotopic (exact) mass is 369 g/mol. The highest BCUT2D eigenvalue weighted by Gasteiger charge is 2.30. The third kappa shape index (κ3) is 5.63. The third-order valence-corrected chi connectivity index (χ3v) is 5.40. The fraction of sp³-hybridized carbons (Fsp3) is 0.333. The SMILES string of the molecule is O=C1NC(=O)C(CCCCCc2cccc(OCc3ccccc3)c2)S1. The second-order valence-electron chi connectivity index (χ2n) is 6.40. The molecule has 0 aromatic heterocycles. The van der Waals surface area contributed by atoms with Gasteiger partial charge in [0.2, 0.25) is 5.91 Å². The average Bonchev–Trinajstić information content (AvgIpc) is 2.98. The van der Waals surface area contributed by atoms with Gasteiger partial charge in [-0.15, -0.1) is 0 Å². The zero-order valence-corrected chi connectivity index (χ0v) is 15.5. The molecule has 2 aromatic rings. The number of hydrogen-bond acceptors (Lipinski definition) is 4. The Balaban J connectivity index is 1.37. The maximum Gasteiger partial charge on any atom is 0.286 e. The van der Waals surface area contributed by atoms with Gasteiger partial charge in [-0.1, -0.05) is 67.1 Å². The molecule has 3 rings (SSSR count). The lowest BCUT2D eigenvalue weighted by atomic mass is 10.0. The van der Waals surface area contributed by atoms with E-state index in [1.165, 1.54) is 5.56 Å². The van der Waals surface area contributed by atoms with Gasteiger partial charge < -0.3 is 4.74 Å². The average molecular weight is 369 g/mol. The van der Waals surface area contributed by atoms with Crippen LogP contribution in [-0.4, -0.2) is 16.4 Å². The molecule has 26 heavy (non-hydrogen) atoms. The molecule has 1 aliphatic heterocycles. The number of rotatable bonds is 9. The number of carbonyl (C=O) groups is 2. The topological polar surface area (TPSA) is 55.4 Å². The first-order valence-corrected chi connectivity index (χ1v) is 9.86. The van der Waals surface area contributed by atoms with Crippen molar-refractivity contribution in [3.8, 4) is 5.75 Å². The summed E-state index contributed by atoms with van der Waals surface area (Å²) in [6.45, 7) is 0.574. The molecule has 0 aliphatic carbocycles. The van der Waals surface area contributed by atoms with Crippen molar-refractivity contribution in [2.24, 2.45) is 0 Å². The molecule has 2 aromatic carbocycles. The van der Waals surface area contributed by atoms with Gasteiger partial charge in [-0.2, -0.15) is 0 Å². The highest BCUT2D eigenvalue weighted by atomic mass is 32.2. The molecule has 0 radical (unpaired) electrons. The number of nitrogens with one attached hydrogen (secondary N) is 1. The summed E-state index contributed by atoms with van der Waals surface area (Å²) in [4.78, 5) is 22.6. The molecule has 0 spiro atoms. The van der Waals surface area contributed by atoms with Gasteiger partial charge in [0, 0.05) is 0 Å². The Hall–Kier alpha value is -2.27. The van der Waals surface area contributed by atoms with Gasteiger partial charge in [0.15, 0.2) is 0 Å². The minimum absolute atomic E-state index is 0.136. The Morgan fingerprint density at radius 3 is 2.50 bits per heavy atom. The molecule has 1 N–H and O–H groups in total. The first kappa shape index (κ1) is 18.5. The number of hydrogen-bond donors (Lipinski definition) is 1. The molecule has 1 fully saturated rings. The van der Waals surface area contributed by atoms with Crippen LogP contribution in [0.1, 0.15) is 36.8 Å². The maximum absolute atomic E-state index is 11.5. The largest absolute Gasteiger partial charge is 0.489 e. The first-order valence-electron chi connectivity index (χ1n) is 8.98. The lowest BCUT2D eigenvalue weighted by Gasteiger charge is -2.09. The molecule has 1 saturated heterocycles. The molecular formula is C21H23NO3S. The minimum Gasteiger partial charge on any atom is -0.489 e. The Morgan fingerprint density at radius 1 is 0.923 bits per heavy atom. The molecule has 1 heterocycles. The third-order valence-electron chi connectivity index (χ3n) is 4.35. The summed E-state index contributed by atoms with van der Waals surface area (Å²) in [7, 11) is 0. The minimum atomic E-state index is -0.215. The van der Waals surface area contributed by atoms with Crippen molar-refractivity contribution in [3.63, 3.8) is 0 Å². The Bertz CT molecular complexity index is 748. The van der Waals surface area contributed by atoms with Gasteiger partial charge in [0.05, 0.1) is 5.25 Å². The van der Waals surface area contributed by atoms with Crippen LogP contribution in [0.2, 0.25) is 0 Å². The molecule has 4 nitrogen and oxygen atoms in total. The van der Waals surface area contributed by atoms with Crippen LogP contribution in [0.25, 0.3) is 0 Å². The van der Waals surface area contributed by atoms with E-state index < -0.39 is 0 Å². The van der Waals surface area contributed by atoms with E-state index in [-0.39, 0.29) is 16.4 Å².